The van der Waals surface area contributed by atoms with Crippen LogP contribution in [0.4, 0.5) is 8.78 Å². The Morgan fingerprint density at radius 1 is 1.35 bits per heavy atom. The molecular weight excluding hydrogens is 220 g/mol. The van der Waals surface area contributed by atoms with Crippen LogP contribution in [0.15, 0.2) is 11.6 Å². The summed E-state index contributed by atoms with van der Waals surface area (Å²) in [6, 6.07) is 0.182. The smallest absolute Gasteiger partial charge is 0.248 e. The van der Waals surface area contributed by atoms with E-state index in [1.54, 1.807) is 0 Å². The van der Waals surface area contributed by atoms with E-state index in [9.17, 15) is 8.78 Å². The predicted molar refractivity (Wildman–Crippen MR) is 66.3 cm³/mol. The molecule has 2 rings (SSSR count). The van der Waals surface area contributed by atoms with E-state index in [0.29, 0.717) is 6.42 Å². The van der Waals surface area contributed by atoms with Crippen LogP contribution in [0.1, 0.15) is 51.4 Å². The van der Waals surface area contributed by atoms with Gasteiger partial charge in [-0.15, -0.1) is 0 Å². The van der Waals surface area contributed by atoms with Crippen LogP contribution in [0.5, 0.6) is 0 Å². The molecule has 0 aromatic rings. The number of hydrogen-bond acceptors (Lipinski definition) is 1. The van der Waals surface area contributed by atoms with Gasteiger partial charge >= 0.3 is 0 Å². The lowest BCUT2D eigenvalue weighted by atomic mass is 9.89. The normalized spacial score (nSPS) is 30.8. The third-order valence-electron chi connectivity index (χ3n) is 4.20. The Labute approximate surface area is 103 Å². The van der Waals surface area contributed by atoms with E-state index in [-0.39, 0.29) is 24.8 Å². The number of nitrogens with one attached hydrogen (secondary N) is 1. The minimum atomic E-state index is -2.43. The zero-order valence-corrected chi connectivity index (χ0v) is 10.6. The SMILES string of the molecule is CNC(C1=CCCCCC1)C1CCC(F)(F)C1. The molecule has 3 heteroatoms. The van der Waals surface area contributed by atoms with Crippen molar-refractivity contribution in [3.8, 4) is 0 Å². The molecule has 0 bridgehead atoms. The molecular formula is C14H23F2N. The molecule has 1 nitrogen and oxygen atoms in total. The highest BCUT2D eigenvalue weighted by atomic mass is 19.3. The fraction of sp³-hybridized carbons (Fsp3) is 0.857. The van der Waals surface area contributed by atoms with Gasteiger partial charge in [0.2, 0.25) is 5.92 Å². The molecule has 1 saturated carbocycles. The monoisotopic (exact) mass is 243 g/mol. The second kappa shape index (κ2) is 5.47. The van der Waals surface area contributed by atoms with Crippen molar-refractivity contribution in [1.82, 2.24) is 5.32 Å². The summed E-state index contributed by atoms with van der Waals surface area (Å²) in [5, 5.41) is 3.28. The quantitative estimate of drug-likeness (QED) is 0.741. The predicted octanol–water partition coefficient (Wildman–Crippen LogP) is 3.90. The molecule has 0 amide bonds. The zero-order chi connectivity index (χ0) is 12.3. The van der Waals surface area contributed by atoms with Gasteiger partial charge in [-0.05, 0) is 45.1 Å². The summed E-state index contributed by atoms with van der Waals surface area (Å²) in [5.74, 6) is -2.30. The van der Waals surface area contributed by atoms with Crippen LogP contribution in [0.25, 0.3) is 0 Å². The van der Waals surface area contributed by atoms with E-state index < -0.39 is 5.92 Å². The molecule has 2 aliphatic rings. The molecule has 0 radical (unpaired) electrons. The summed E-state index contributed by atoms with van der Waals surface area (Å²) < 4.78 is 26.6. The molecule has 0 aromatic heterocycles. The van der Waals surface area contributed by atoms with Crippen molar-refractivity contribution < 1.29 is 8.78 Å². The summed E-state index contributed by atoms with van der Waals surface area (Å²) in [5.41, 5.74) is 1.38. The third-order valence-corrected chi connectivity index (χ3v) is 4.20. The average molecular weight is 243 g/mol. The molecule has 2 atom stereocenters. The molecule has 2 aliphatic carbocycles. The number of rotatable bonds is 3. The van der Waals surface area contributed by atoms with Gasteiger partial charge in [0.25, 0.3) is 0 Å². The zero-order valence-electron chi connectivity index (χ0n) is 10.6. The van der Waals surface area contributed by atoms with Crippen molar-refractivity contribution >= 4 is 0 Å². The van der Waals surface area contributed by atoms with Crippen LogP contribution in [0.3, 0.4) is 0 Å². The molecule has 0 aliphatic heterocycles. The second-order valence-electron chi connectivity index (χ2n) is 5.50. The van der Waals surface area contributed by atoms with Gasteiger partial charge in [0, 0.05) is 18.9 Å². The van der Waals surface area contributed by atoms with Gasteiger partial charge in [-0.2, -0.15) is 0 Å². The number of alkyl halides is 2. The Bertz CT molecular complexity index is 286. The Morgan fingerprint density at radius 3 is 2.82 bits per heavy atom. The van der Waals surface area contributed by atoms with Crippen molar-refractivity contribution in [1.29, 1.82) is 0 Å². The topological polar surface area (TPSA) is 12.0 Å². The van der Waals surface area contributed by atoms with E-state index >= 15 is 0 Å². The van der Waals surface area contributed by atoms with Crippen molar-refractivity contribution in [2.24, 2.45) is 5.92 Å². The first-order valence-electron chi connectivity index (χ1n) is 6.86. The van der Waals surface area contributed by atoms with Crippen LogP contribution >= 0.6 is 0 Å². The summed E-state index contributed by atoms with van der Waals surface area (Å²) in [6.45, 7) is 0. The van der Waals surface area contributed by atoms with Crippen LogP contribution in [-0.2, 0) is 0 Å². The Morgan fingerprint density at radius 2 is 2.18 bits per heavy atom. The molecule has 0 saturated heterocycles. The van der Waals surface area contributed by atoms with Gasteiger partial charge in [-0.1, -0.05) is 18.1 Å². The van der Waals surface area contributed by atoms with Gasteiger partial charge in [-0.25, -0.2) is 8.78 Å². The molecule has 0 aromatic carbocycles. The highest BCUT2D eigenvalue weighted by Crippen LogP contribution is 2.42. The molecule has 1 fully saturated rings. The highest BCUT2D eigenvalue weighted by Gasteiger charge is 2.42. The summed E-state index contributed by atoms with van der Waals surface area (Å²) in [6.07, 6.45) is 9.05. The molecule has 17 heavy (non-hydrogen) atoms. The van der Waals surface area contributed by atoms with Crippen molar-refractivity contribution in [3.05, 3.63) is 11.6 Å². The summed E-state index contributed by atoms with van der Waals surface area (Å²) in [4.78, 5) is 0. The Kier molecular flexibility index (Phi) is 4.18. The average Bonchev–Trinajstić information content (AvgIpc) is 2.53. The van der Waals surface area contributed by atoms with E-state index in [4.69, 9.17) is 0 Å². The first-order valence-corrected chi connectivity index (χ1v) is 6.86. The summed E-state index contributed by atoms with van der Waals surface area (Å²) >= 11 is 0. The van der Waals surface area contributed by atoms with Crippen LogP contribution in [-0.4, -0.2) is 19.0 Å². The van der Waals surface area contributed by atoms with Gasteiger partial charge in [0.1, 0.15) is 0 Å². The van der Waals surface area contributed by atoms with Gasteiger partial charge in [-0.3, -0.25) is 0 Å². The van der Waals surface area contributed by atoms with Crippen LogP contribution < -0.4 is 5.32 Å². The molecule has 0 spiro atoms. The van der Waals surface area contributed by atoms with Crippen molar-refractivity contribution in [2.75, 3.05) is 7.05 Å². The van der Waals surface area contributed by atoms with E-state index in [1.807, 2.05) is 7.05 Å². The van der Waals surface area contributed by atoms with Crippen LogP contribution in [0, 0.1) is 5.92 Å². The number of hydrogen-bond donors (Lipinski definition) is 1. The molecule has 1 N–H and O–H groups in total. The second-order valence-corrected chi connectivity index (χ2v) is 5.50. The maximum absolute atomic E-state index is 13.3. The van der Waals surface area contributed by atoms with E-state index in [2.05, 4.69) is 11.4 Å². The Balaban J connectivity index is 2.03. The molecule has 98 valence electrons. The minimum Gasteiger partial charge on any atom is -0.313 e. The molecule has 0 heterocycles. The summed E-state index contributed by atoms with van der Waals surface area (Å²) in [7, 11) is 1.91. The first-order chi connectivity index (χ1) is 8.12. The van der Waals surface area contributed by atoms with Crippen molar-refractivity contribution in [2.45, 2.75) is 63.3 Å². The third kappa shape index (κ3) is 3.27. The largest absolute Gasteiger partial charge is 0.313 e. The van der Waals surface area contributed by atoms with E-state index in [1.165, 1.54) is 24.8 Å². The fourth-order valence-electron chi connectivity index (χ4n) is 3.31. The van der Waals surface area contributed by atoms with Crippen molar-refractivity contribution in [3.63, 3.8) is 0 Å². The maximum Gasteiger partial charge on any atom is 0.248 e. The Hall–Kier alpha value is -0.440. The first kappa shape index (κ1) is 13.0. The lowest BCUT2D eigenvalue weighted by molar-refractivity contribution is 0.00397. The number of allylic oxidation sites excluding steroid dienone is 1. The number of likely N-dealkylation sites (N-methyl/N-ethyl adjacent to an activating group) is 1. The van der Waals surface area contributed by atoms with Gasteiger partial charge < -0.3 is 5.32 Å². The maximum atomic E-state index is 13.3. The number of halogens is 2. The lowest BCUT2D eigenvalue weighted by Crippen LogP contribution is -2.35. The van der Waals surface area contributed by atoms with E-state index in [0.717, 1.165) is 12.8 Å². The minimum absolute atomic E-state index is 0.0653. The molecule has 2 unspecified atom stereocenters. The van der Waals surface area contributed by atoms with Crippen LogP contribution in [0.2, 0.25) is 0 Å². The lowest BCUT2D eigenvalue weighted by Gasteiger charge is -2.26. The van der Waals surface area contributed by atoms with Gasteiger partial charge in [0.05, 0.1) is 0 Å². The fourth-order valence-corrected chi connectivity index (χ4v) is 3.31. The highest BCUT2D eigenvalue weighted by molar-refractivity contribution is 5.15. The van der Waals surface area contributed by atoms with Gasteiger partial charge in [0.15, 0.2) is 0 Å². The standard InChI is InChI=1S/C14H23F2N/c1-17-13(11-6-4-2-3-5-7-11)12-8-9-14(15,16)10-12/h6,12-13,17H,2-5,7-10H2,1H3.